The number of benzene rings is 3. The van der Waals surface area contributed by atoms with Crippen LogP contribution in [0.3, 0.4) is 0 Å². The van der Waals surface area contributed by atoms with Gasteiger partial charge in [0.1, 0.15) is 18.5 Å². The van der Waals surface area contributed by atoms with Gasteiger partial charge in [0.25, 0.3) is 5.91 Å². The van der Waals surface area contributed by atoms with Crippen molar-refractivity contribution in [3.63, 3.8) is 0 Å². The Balaban J connectivity index is 1.27. The monoisotopic (exact) mass is 674 g/mol. The Labute approximate surface area is 281 Å². The maximum Gasteiger partial charge on any atom is 0.417 e. The van der Waals surface area contributed by atoms with E-state index in [0.29, 0.717) is 35.5 Å². The summed E-state index contributed by atoms with van der Waals surface area (Å²) >= 11 is 0. The fraction of sp³-hybridized carbons (Fsp3) is 0.333. The number of ether oxygens (including phenoxy) is 2. The molecule has 3 aromatic carbocycles. The van der Waals surface area contributed by atoms with Gasteiger partial charge in [-0.05, 0) is 79.3 Å². The Morgan fingerprint density at radius 2 is 1.84 bits per heavy atom. The number of halogens is 3. The van der Waals surface area contributed by atoms with Gasteiger partial charge < -0.3 is 30.0 Å². The lowest BCUT2D eigenvalue weighted by molar-refractivity contribution is -0.137. The largest absolute Gasteiger partial charge is 0.417 e. The van der Waals surface area contributed by atoms with Crippen LogP contribution in [0.5, 0.6) is 0 Å². The highest BCUT2D eigenvalue weighted by Gasteiger charge is 2.35. The van der Waals surface area contributed by atoms with Crippen molar-refractivity contribution in [2.45, 2.75) is 50.6 Å². The first-order valence-corrected chi connectivity index (χ1v) is 15.8. The average molecular weight is 675 g/mol. The number of carbonyl (C=O) groups excluding carboxylic acids is 2. The van der Waals surface area contributed by atoms with Crippen molar-refractivity contribution in [1.29, 1.82) is 5.26 Å². The minimum Gasteiger partial charge on any atom is -0.381 e. The minimum atomic E-state index is -4.66. The Morgan fingerprint density at radius 1 is 1.06 bits per heavy atom. The molecule has 10 nitrogen and oxygen atoms in total. The van der Waals surface area contributed by atoms with Crippen LogP contribution in [0, 0.1) is 11.3 Å². The number of amides is 2. The van der Waals surface area contributed by atoms with Crippen LogP contribution in [0.2, 0.25) is 0 Å². The van der Waals surface area contributed by atoms with E-state index in [1.165, 1.54) is 55.7 Å². The zero-order valence-corrected chi connectivity index (χ0v) is 27.4. The molecule has 1 fully saturated rings. The molecule has 1 aliphatic carbocycles. The third kappa shape index (κ3) is 8.53. The van der Waals surface area contributed by atoms with E-state index >= 15 is 0 Å². The summed E-state index contributed by atoms with van der Waals surface area (Å²) < 4.78 is 54.8. The number of methoxy groups -OCH3 is 2. The molecule has 3 N–H and O–H groups in total. The molecule has 0 saturated heterocycles. The molecule has 2 amide bonds. The predicted octanol–water partition coefficient (Wildman–Crippen LogP) is 6.57. The van der Waals surface area contributed by atoms with Crippen molar-refractivity contribution in [3.05, 3.63) is 89.3 Å². The number of anilines is 2. The van der Waals surface area contributed by atoms with E-state index in [9.17, 15) is 28.0 Å². The second-order valence-corrected chi connectivity index (χ2v) is 11.8. The molecule has 4 aromatic rings. The Bertz CT molecular complexity index is 1910. The van der Waals surface area contributed by atoms with E-state index in [0.717, 1.165) is 31.7 Å². The quantitative estimate of drug-likeness (QED) is 0.154. The van der Waals surface area contributed by atoms with Crippen LogP contribution >= 0.6 is 0 Å². The number of carbonyl (C=O) groups is 2. The van der Waals surface area contributed by atoms with Gasteiger partial charge in [0, 0.05) is 51.2 Å². The van der Waals surface area contributed by atoms with Gasteiger partial charge in [-0.3, -0.25) is 9.59 Å². The highest BCUT2D eigenvalue weighted by molar-refractivity contribution is 6.06. The van der Waals surface area contributed by atoms with Crippen LogP contribution in [0.1, 0.15) is 53.0 Å². The number of nitriles is 1. The fourth-order valence-corrected chi connectivity index (χ4v) is 5.95. The molecule has 5 rings (SSSR count). The number of alkyl halides is 3. The number of imidazole rings is 1. The topological polar surface area (TPSA) is 130 Å². The number of nitrogens with one attached hydrogen (secondary N) is 3. The van der Waals surface area contributed by atoms with Crippen LogP contribution < -0.4 is 16.0 Å². The zero-order chi connectivity index (χ0) is 35.1. The van der Waals surface area contributed by atoms with Crippen molar-refractivity contribution in [1.82, 2.24) is 14.9 Å². The normalized spacial score (nSPS) is 16.5. The zero-order valence-electron chi connectivity index (χ0n) is 27.4. The second kappa shape index (κ2) is 15.5. The summed E-state index contributed by atoms with van der Waals surface area (Å²) in [5.74, 6) is -0.531. The maximum absolute atomic E-state index is 14.2. The van der Waals surface area contributed by atoms with Gasteiger partial charge in [0.15, 0.2) is 0 Å². The second-order valence-electron chi connectivity index (χ2n) is 11.8. The third-order valence-corrected chi connectivity index (χ3v) is 8.58. The number of rotatable bonds is 11. The summed E-state index contributed by atoms with van der Waals surface area (Å²) in [5, 5.41) is 18.5. The molecule has 0 radical (unpaired) electrons. The van der Waals surface area contributed by atoms with Gasteiger partial charge in [0.2, 0.25) is 5.91 Å². The molecule has 1 saturated carbocycles. The average Bonchev–Trinajstić information content (AvgIpc) is 3.40. The summed E-state index contributed by atoms with van der Waals surface area (Å²) in [6, 6.07) is 15.1. The molecule has 0 atom stereocenters. The lowest BCUT2D eigenvalue weighted by Gasteiger charge is -2.27. The third-order valence-electron chi connectivity index (χ3n) is 8.58. The first-order valence-electron chi connectivity index (χ1n) is 15.8. The Morgan fingerprint density at radius 3 is 2.53 bits per heavy atom. The van der Waals surface area contributed by atoms with Crippen molar-refractivity contribution in [3.8, 4) is 17.2 Å². The van der Waals surface area contributed by atoms with E-state index in [4.69, 9.17) is 9.47 Å². The molecule has 1 aliphatic rings. The van der Waals surface area contributed by atoms with Crippen molar-refractivity contribution in [2.75, 3.05) is 31.4 Å². The molecular formula is C36H37F3N6O4. The van der Waals surface area contributed by atoms with Gasteiger partial charge in [-0.25, -0.2) is 4.98 Å². The summed E-state index contributed by atoms with van der Waals surface area (Å²) in [6.45, 7) is 0.654. The molecular weight excluding hydrogens is 637 g/mol. The molecule has 0 aliphatic heterocycles. The Hall–Kier alpha value is -5.03. The van der Waals surface area contributed by atoms with Gasteiger partial charge in [-0.15, -0.1) is 0 Å². The van der Waals surface area contributed by atoms with Gasteiger partial charge in [-0.1, -0.05) is 18.2 Å². The number of hydrogen-bond acceptors (Lipinski definition) is 7. The van der Waals surface area contributed by atoms with Crippen LogP contribution in [-0.2, 0) is 34.1 Å². The fourth-order valence-electron chi connectivity index (χ4n) is 5.95. The lowest BCUT2D eigenvalue weighted by atomic mass is 9.93. The van der Waals surface area contributed by atoms with E-state index < -0.39 is 23.6 Å². The van der Waals surface area contributed by atoms with Crippen molar-refractivity contribution >= 4 is 34.2 Å². The first-order chi connectivity index (χ1) is 23.5. The number of hydrogen-bond donors (Lipinski definition) is 3. The molecule has 1 heterocycles. The van der Waals surface area contributed by atoms with Crippen molar-refractivity contribution < 1.29 is 32.2 Å². The first kappa shape index (κ1) is 35.3. The number of fused-ring (bicyclic) bond motifs is 1. The molecule has 0 bridgehead atoms. The van der Waals surface area contributed by atoms with E-state index in [2.05, 4.69) is 20.9 Å². The molecule has 256 valence electrons. The highest BCUT2D eigenvalue weighted by Crippen LogP contribution is 2.40. The highest BCUT2D eigenvalue weighted by atomic mass is 19.4. The lowest BCUT2D eigenvalue weighted by Crippen LogP contribution is -2.35. The molecule has 1 aromatic heterocycles. The van der Waals surface area contributed by atoms with E-state index in [-0.39, 0.29) is 40.2 Å². The van der Waals surface area contributed by atoms with Crippen LogP contribution in [0.15, 0.2) is 66.7 Å². The van der Waals surface area contributed by atoms with Gasteiger partial charge >= 0.3 is 6.18 Å². The number of aryl methyl sites for hydroxylation is 1. The molecule has 0 unspecified atom stereocenters. The van der Waals surface area contributed by atoms with Crippen LogP contribution in [-0.4, -0.2) is 54.3 Å². The molecule has 13 heteroatoms. The summed E-state index contributed by atoms with van der Waals surface area (Å²) in [4.78, 5) is 30.1. The summed E-state index contributed by atoms with van der Waals surface area (Å²) in [6.07, 6.45) is 2.76. The molecule has 0 spiro atoms. The Kier molecular flexibility index (Phi) is 11.1. The number of aromatic nitrogens is 2. The summed E-state index contributed by atoms with van der Waals surface area (Å²) in [5.41, 5.74) is 0.649. The molecule has 49 heavy (non-hydrogen) atoms. The predicted molar refractivity (Wildman–Crippen MR) is 180 cm³/mol. The maximum atomic E-state index is 14.2. The summed E-state index contributed by atoms with van der Waals surface area (Å²) in [7, 11) is 4.84. The smallest absolute Gasteiger partial charge is 0.381 e. The SMILES string of the molecule is COCc1nc2cc(-c3cccc(NC(=O)c4ccc(NC(=O)/C=C/CNC5CCC(OC)CC5)c(C#N)c4)c3)c(C(F)(F)F)cc2n1C. The van der Waals surface area contributed by atoms with Crippen LogP contribution in [0.4, 0.5) is 24.5 Å². The van der Waals surface area contributed by atoms with E-state index in [1.54, 1.807) is 30.9 Å². The minimum absolute atomic E-state index is 0.0718. The van der Waals surface area contributed by atoms with Gasteiger partial charge in [-0.2, -0.15) is 18.4 Å². The van der Waals surface area contributed by atoms with Crippen molar-refractivity contribution in [2.24, 2.45) is 7.05 Å². The van der Waals surface area contributed by atoms with E-state index in [1.807, 2.05) is 6.07 Å². The standard InChI is InChI=1S/C36H37F3N6O4/c1-45-32-19-29(36(37,38)39)28(18-31(32)43-33(45)21-48-2)22-6-4-7-26(17-22)42-35(47)23-9-14-30(24(16-23)20-40)44-34(46)8-5-15-41-25-10-12-27(49-3)13-11-25/h4-9,14,16-19,25,27,41H,10-13,15,21H2,1-3H3,(H,42,47)(H,44,46)/b8-5+. The van der Waals surface area contributed by atoms with Crippen LogP contribution in [0.25, 0.3) is 22.2 Å². The number of nitrogens with zero attached hydrogens (tertiary/aromatic N) is 3. The van der Waals surface area contributed by atoms with Gasteiger partial charge in [0.05, 0.1) is 34.0 Å².